The minimum Gasteiger partial charge on any atom is -0.465 e. The Morgan fingerprint density at radius 2 is 1.79 bits per heavy atom. The molecular weight excluding hydrogens is 550 g/mol. The molecule has 43 heavy (non-hydrogen) atoms. The number of unbranched alkanes of at least 4 members (excludes halogenated alkanes) is 1. The van der Waals surface area contributed by atoms with Gasteiger partial charge in [-0.2, -0.15) is 0 Å². The number of carbonyl (C=O) groups excluding carboxylic acids is 2. The average molecular weight is 592 g/mol. The van der Waals surface area contributed by atoms with Gasteiger partial charge in [-0.05, 0) is 70.0 Å². The van der Waals surface area contributed by atoms with Crippen LogP contribution in [0.3, 0.4) is 0 Å². The molecule has 0 atom stereocenters. The molecule has 3 aromatic rings. The second-order valence-corrected chi connectivity index (χ2v) is 11.1. The molecule has 230 valence electrons. The van der Waals surface area contributed by atoms with E-state index in [1.54, 1.807) is 18.3 Å². The van der Waals surface area contributed by atoms with E-state index in [9.17, 15) is 9.59 Å². The van der Waals surface area contributed by atoms with Crippen LogP contribution in [0.2, 0.25) is 0 Å². The third-order valence-electron chi connectivity index (χ3n) is 6.59. The molecule has 1 aromatic heterocycles. The molecule has 11 heteroatoms. The van der Waals surface area contributed by atoms with Crippen molar-refractivity contribution in [3.8, 4) is 11.3 Å². The minimum absolute atomic E-state index is 0.382. The zero-order valence-corrected chi connectivity index (χ0v) is 25.4. The third kappa shape index (κ3) is 9.93. The summed E-state index contributed by atoms with van der Waals surface area (Å²) < 4.78 is 21.7. The Hall–Kier alpha value is -4.22. The summed E-state index contributed by atoms with van der Waals surface area (Å²) >= 11 is 0. The van der Waals surface area contributed by atoms with E-state index >= 15 is 0 Å². The van der Waals surface area contributed by atoms with E-state index in [2.05, 4.69) is 37.6 Å². The Kier molecular flexibility index (Phi) is 11.3. The molecule has 1 aliphatic rings. The fourth-order valence-corrected chi connectivity index (χ4v) is 4.51. The van der Waals surface area contributed by atoms with Crippen molar-refractivity contribution in [3.05, 3.63) is 65.9 Å². The summed E-state index contributed by atoms with van der Waals surface area (Å²) in [4.78, 5) is 35.0. The Bertz CT molecular complexity index is 1350. The molecule has 1 amide bonds. The van der Waals surface area contributed by atoms with Gasteiger partial charge in [0.15, 0.2) is 0 Å². The van der Waals surface area contributed by atoms with Crippen LogP contribution in [0.15, 0.2) is 54.7 Å². The zero-order valence-electron chi connectivity index (χ0n) is 25.4. The number of hydrogen-bond donors (Lipinski definition) is 2. The molecule has 0 radical (unpaired) electrons. The molecule has 1 saturated heterocycles. The number of methoxy groups -OCH3 is 1. The van der Waals surface area contributed by atoms with Gasteiger partial charge in [0.25, 0.3) is 0 Å². The number of benzene rings is 2. The molecule has 0 saturated carbocycles. The van der Waals surface area contributed by atoms with E-state index in [-0.39, 0.29) is 5.97 Å². The average Bonchev–Trinajstić information content (AvgIpc) is 3.00. The van der Waals surface area contributed by atoms with Crippen molar-refractivity contribution >= 4 is 29.4 Å². The van der Waals surface area contributed by atoms with Gasteiger partial charge in [-0.15, -0.1) is 0 Å². The number of carbonyl (C=O) groups is 2. The number of nitrogens with zero attached hydrogens (tertiary/aromatic N) is 3. The van der Waals surface area contributed by atoms with Crippen LogP contribution in [-0.4, -0.2) is 74.2 Å². The van der Waals surface area contributed by atoms with Crippen LogP contribution >= 0.6 is 0 Å². The molecule has 2 aromatic carbocycles. The summed E-state index contributed by atoms with van der Waals surface area (Å²) in [7, 11) is 1.36. The number of nitrogens with one attached hydrogen (secondary N) is 2. The lowest BCUT2D eigenvalue weighted by molar-refractivity contribution is 0.0522. The van der Waals surface area contributed by atoms with Crippen molar-refractivity contribution in [2.75, 3.05) is 56.8 Å². The Labute approximate surface area is 252 Å². The SMILES string of the molecule is COC(=O)c1ccc(-c2ccnc(Nc3ccc(N4CCOCC4)c(COCCCCNC(=O)OC(C)(C)C)c3)n2)cc1. The second kappa shape index (κ2) is 15.3. The lowest BCUT2D eigenvalue weighted by Crippen LogP contribution is -2.36. The maximum Gasteiger partial charge on any atom is 0.407 e. The molecule has 0 aliphatic carbocycles. The molecule has 1 aliphatic heterocycles. The van der Waals surface area contributed by atoms with Gasteiger partial charge in [-0.1, -0.05) is 12.1 Å². The minimum atomic E-state index is -0.511. The fourth-order valence-electron chi connectivity index (χ4n) is 4.51. The lowest BCUT2D eigenvalue weighted by Gasteiger charge is -2.31. The first-order valence-electron chi connectivity index (χ1n) is 14.5. The largest absolute Gasteiger partial charge is 0.465 e. The summed E-state index contributed by atoms with van der Waals surface area (Å²) in [6, 6.07) is 15.1. The number of morpholine rings is 1. The number of esters is 1. The first-order chi connectivity index (χ1) is 20.7. The van der Waals surface area contributed by atoms with Gasteiger partial charge in [-0.25, -0.2) is 19.6 Å². The van der Waals surface area contributed by atoms with Crippen molar-refractivity contribution in [2.45, 2.75) is 45.8 Å². The predicted molar refractivity (Wildman–Crippen MR) is 165 cm³/mol. The lowest BCUT2D eigenvalue weighted by atomic mass is 10.1. The molecule has 0 unspecified atom stereocenters. The van der Waals surface area contributed by atoms with Crippen molar-refractivity contribution in [1.82, 2.24) is 15.3 Å². The highest BCUT2D eigenvalue weighted by Crippen LogP contribution is 2.28. The van der Waals surface area contributed by atoms with E-state index in [1.807, 2.05) is 45.0 Å². The summed E-state index contributed by atoms with van der Waals surface area (Å²) in [6.07, 6.45) is 2.89. The Morgan fingerprint density at radius 1 is 1.02 bits per heavy atom. The van der Waals surface area contributed by atoms with Crippen LogP contribution in [0.5, 0.6) is 0 Å². The first-order valence-corrected chi connectivity index (χ1v) is 14.5. The van der Waals surface area contributed by atoms with Gasteiger partial charge in [-0.3, -0.25) is 0 Å². The van der Waals surface area contributed by atoms with Crippen molar-refractivity contribution in [3.63, 3.8) is 0 Å². The third-order valence-corrected chi connectivity index (χ3v) is 6.59. The summed E-state index contributed by atoms with van der Waals surface area (Å²) in [5, 5.41) is 6.10. The highest BCUT2D eigenvalue weighted by Gasteiger charge is 2.17. The molecule has 2 N–H and O–H groups in total. The summed E-state index contributed by atoms with van der Waals surface area (Å²) in [6.45, 7) is 10.1. The Morgan fingerprint density at radius 3 is 2.51 bits per heavy atom. The highest BCUT2D eigenvalue weighted by molar-refractivity contribution is 5.89. The summed E-state index contributed by atoms with van der Waals surface area (Å²) in [5.41, 5.74) is 4.55. The van der Waals surface area contributed by atoms with Gasteiger partial charge >= 0.3 is 12.1 Å². The number of anilines is 3. The summed E-state index contributed by atoms with van der Waals surface area (Å²) in [5.74, 6) is 0.0742. The number of aromatic nitrogens is 2. The van der Waals surface area contributed by atoms with E-state index in [0.717, 1.165) is 54.1 Å². The molecule has 4 rings (SSSR count). The van der Waals surface area contributed by atoms with Crippen LogP contribution in [0.4, 0.5) is 22.1 Å². The number of rotatable bonds is 12. The van der Waals surface area contributed by atoms with Crippen LogP contribution in [0.1, 0.15) is 49.5 Å². The number of amides is 1. The molecule has 0 spiro atoms. The van der Waals surface area contributed by atoms with Gasteiger partial charge in [0.1, 0.15) is 5.60 Å². The van der Waals surface area contributed by atoms with E-state index in [1.165, 1.54) is 7.11 Å². The highest BCUT2D eigenvalue weighted by atomic mass is 16.6. The van der Waals surface area contributed by atoms with E-state index in [4.69, 9.17) is 18.9 Å². The molecule has 0 bridgehead atoms. The van der Waals surface area contributed by atoms with Gasteiger partial charge < -0.3 is 34.5 Å². The normalized spacial score (nSPS) is 13.3. The van der Waals surface area contributed by atoms with E-state index in [0.29, 0.717) is 44.5 Å². The van der Waals surface area contributed by atoms with Crippen molar-refractivity contribution < 1.29 is 28.5 Å². The van der Waals surface area contributed by atoms with Crippen molar-refractivity contribution in [1.29, 1.82) is 0 Å². The van der Waals surface area contributed by atoms with Crippen LogP contribution in [0, 0.1) is 0 Å². The topological polar surface area (TPSA) is 124 Å². The smallest absolute Gasteiger partial charge is 0.407 e. The molecule has 2 heterocycles. The molecule has 11 nitrogen and oxygen atoms in total. The zero-order chi connectivity index (χ0) is 30.7. The van der Waals surface area contributed by atoms with E-state index < -0.39 is 11.7 Å². The molecule has 1 fully saturated rings. The van der Waals surface area contributed by atoms with Crippen LogP contribution in [0.25, 0.3) is 11.3 Å². The standard InChI is InChI=1S/C32H41N5O6/c1-32(2,3)43-31(39)34-14-5-6-18-42-22-25-21-26(11-12-28(25)37-16-19-41-20-17-37)35-30-33-15-13-27(36-30)23-7-9-24(10-8-23)29(38)40-4/h7-13,15,21H,5-6,14,16-20,22H2,1-4H3,(H,34,39)(H,33,35,36). The van der Waals surface area contributed by atoms with Gasteiger partial charge in [0, 0.05) is 54.9 Å². The van der Waals surface area contributed by atoms with Crippen molar-refractivity contribution in [2.24, 2.45) is 0 Å². The maximum atomic E-state index is 11.8. The number of alkyl carbamates (subject to hydrolysis) is 1. The van der Waals surface area contributed by atoms with Crippen LogP contribution in [-0.2, 0) is 25.6 Å². The van der Waals surface area contributed by atoms with Gasteiger partial charge in [0.2, 0.25) is 5.95 Å². The monoisotopic (exact) mass is 591 g/mol. The van der Waals surface area contributed by atoms with Gasteiger partial charge in [0.05, 0.1) is 38.2 Å². The molecular formula is C32H41N5O6. The fraction of sp³-hybridized carbons (Fsp3) is 0.438. The van der Waals surface area contributed by atoms with Crippen LogP contribution < -0.4 is 15.5 Å². The predicted octanol–water partition coefficient (Wildman–Crippen LogP) is 5.33. The number of hydrogen-bond acceptors (Lipinski definition) is 10. The Balaban J connectivity index is 1.37. The maximum absolute atomic E-state index is 11.8. The second-order valence-electron chi connectivity index (χ2n) is 11.1. The number of ether oxygens (including phenoxy) is 4. The quantitative estimate of drug-likeness (QED) is 0.211. The first kappa shape index (κ1) is 31.7.